The fourth-order valence-electron chi connectivity index (χ4n) is 1.37. The molecule has 1 N–H and O–H groups in total. The maximum absolute atomic E-state index is 8.60. The van der Waals surface area contributed by atoms with Crippen molar-refractivity contribution in [3.8, 4) is 6.07 Å². The molecule has 1 aromatic heterocycles. The van der Waals surface area contributed by atoms with E-state index in [4.69, 9.17) is 16.9 Å². The van der Waals surface area contributed by atoms with E-state index in [1.807, 2.05) is 30.3 Å². The SMILES string of the molecule is N#Cc1ncc(Cc2cccc(Cl)c2)[nH]1. The maximum atomic E-state index is 8.60. The standard InChI is InChI=1S/C11H8ClN3/c12-9-3-1-2-8(4-9)5-10-7-14-11(6-13)15-10/h1-4,7H,5H2,(H,14,15). The summed E-state index contributed by atoms with van der Waals surface area (Å²) in [6, 6.07) is 9.57. The van der Waals surface area contributed by atoms with Crippen molar-refractivity contribution in [1.82, 2.24) is 9.97 Å². The van der Waals surface area contributed by atoms with E-state index in [1.54, 1.807) is 6.20 Å². The quantitative estimate of drug-likeness (QED) is 0.841. The van der Waals surface area contributed by atoms with Crippen LogP contribution in [0.4, 0.5) is 0 Å². The number of aromatic nitrogens is 2. The molecule has 74 valence electrons. The first kappa shape index (κ1) is 9.75. The summed E-state index contributed by atoms with van der Waals surface area (Å²) >= 11 is 5.87. The van der Waals surface area contributed by atoms with Gasteiger partial charge in [-0.2, -0.15) is 5.26 Å². The van der Waals surface area contributed by atoms with E-state index in [9.17, 15) is 0 Å². The second-order valence-electron chi connectivity index (χ2n) is 3.18. The van der Waals surface area contributed by atoms with Crippen molar-refractivity contribution >= 4 is 11.6 Å². The van der Waals surface area contributed by atoms with Gasteiger partial charge < -0.3 is 4.98 Å². The van der Waals surface area contributed by atoms with Crippen LogP contribution < -0.4 is 0 Å². The molecular weight excluding hydrogens is 210 g/mol. The lowest BCUT2D eigenvalue weighted by Gasteiger charge is -1.98. The Bertz CT molecular complexity index is 511. The van der Waals surface area contributed by atoms with E-state index in [2.05, 4.69) is 9.97 Å². The largest absolute Gasteiger partial charge is 0.333 e. The van der Waals surface area contributed by atoms with E-state index in [-0.39, 0.29) is 0 Å². The van der Waals surface area contributed by atoms with Crippen LogP contribution in [0.5, 0.6) is 0 Å². The molecule has 1 heterocycles. The zero-order valence-electron chi connectivity index (χ0n) is 7.87. The molecule has 0 bridgehead atoms. The molecule has 15 heavy (non-hydrogen) atoms. The fourth-order valence-corrected chi connectivity index (χ4v) is 1.59. The number of hydrogen-bond acceptors (Lipinski definition) is 2. The maximum Gasteiger partial charge on any atom is 0.210 e. The number of nitrogens with one attached hydrogen (secondary N) is 1. The number of benzene rings is 1. The predicted octanol–water partition coefficient (Wildman–Crippen LogP) is 2.53. The first-order chi connectivity index (χ1) is 7.28. The van der Waals surface area contributed by atoms with Gasteiger partial charge in [0.1, 0.15) is 6.07 Å². The molecule has 4 heteroatoms. The molecule has 0 radical (unpaired) electrons. The molecule has 0 aliphatic heterocycles. The molecule has 3 nitrogen and oxygen atoms in total. The minimum Gasteiger partial charge on any atom is -0.333 e. The third-order valence-electron chi connectivity index (χ3n) is 2.02. The molecule has 2 aromatic rings. The van der Waals surface area contributed by atoms with Crippen LogP contribution >= 0.6 is 11.6 Å². The molecule has 0 fully saturated rings. The summed E-state index contributed by atoms with van der Waals surface area (Å²) < 4.78 is 0. The summed E-state index contributed by atoms with van der Waals surface area (Å²) in [6.07, 6.45) is 2.37. The summed E-state index contributed by atoms with van der Waals surface area (Å²) in [6.45, 7) is 0. The Hall–Kier alpha value is -1.79. The number of halogens is 1. The van der Waals surface area contributed by atoms with Gasteiger partial charge >= 0.3 is 0 Å². The summed E-state index contributed by atoms with van der Waals surface area (Å²) in [5.74, 6) is 0.340. The molecule has 0 amide bonds. The highest BCUT2D eigenvalue weighted by Crippen LogP contribution is 2.13. The van der Waals surface area contributed by atoms with Crippen LogP contribution in [0.15, 0.2) is 30.5 Å². The number of imidazole rings is 1. The van der Waals surface area contributed by atoms with E-state index in [0.717, 1.165) is 11.3 Å². The Labute approximate surface area is 92.3 Å². The van der Waals surface area contributed by atoms with E-state index < -0.39 is 0 Å². The van der Waals surface area contributed by atoms with E-state index in [1.165, 1.54) is 0 Å². The second-order valence-corrected chi connectivity index (χ2v) is 3.61. The van der Waals surface area contributed by atoms with Gasteiger partial charge in [0.05, 0.1) is 0 Å². The number of hydrogen-bond donors (Lipinski definition) is 1. The molecule has 0 unspecified atom stereocenters. The molecule has 0 saturated heterocycles. The van der Waals surface area contributed by atoms with E-state index >= 15 is 0 Å². The van der Waals surface area contributed by atoms with Gasteiger partial charge in [-0.05, 0) is 17.7 Å². The van der Waals surface area contributed by atoms with Gasteiger partial charge in [0.15, 0.2) is 0 Å². The minimum atomic E-state index is 0.340. The van der Waals surface area contributed by atoms with Crippen LogP contribution in [-0.2, 0) is 6.42 Å². The van der Waals surface area contributed by atoms with Crippen LogP contribution in [0.2, 0.25) is 5.02 Å². The van der Waals surface area contributed by atoms with Crippen molar-refractivity contribution in [3.05, 3.63) is 52.6 Å². The van der Waals surface area contributed by atoms with Crippen molar-refractivity contribution in [2.75, 3.05) is 0 Å². The van der Waals surface area contributed by atoms with Gasteiger partial charge in [-0.15, -0.1) is 0 Å². The lowest BCUT2D eigenvalue weighted by Crippen LogP contribution is -1.88. The van der Waals surface area contributed by atoms with Crippen LogP contribution in [-0.4, -0.2) is 9.97 Å². The molecule has 0 spiro atoms. The van der Waals surface area contributed by atoms with Gasteiger partial charge in [0.2, 0.25) is 5.82 Å². The Morgan fingerprint density at radius 1 is 1.47 bits per heavy atom. The first-order valence-corrected chi connectivity index (χ1v) is 4.84. The van der Waals surface area contributed by atoms with Crippen molar-refractivity contribution in [2.45, 2.75) is 6.42 Å². The van der Waals surface area contributed by atoms with Gasteiger partial charge in [-0.3, -0.25) is 0 Å². The zero-order chi connectivity index (χ0) is 10.7. The summed E-state index contributed by atoms with van der Waals surface area (Å²) in [5, 5.41) is 9.31. The Morgan fingerprint density at radius 3 is 3.00 bits per heavy atom. The number of nitrogens with zero attached hydrogens (tertiary/aromatic N) is 2. The van der Waals surface area contributed by atoms with Crippen LogP contribution in [0, 0.1) is 11.3 Å². The molecular formula is C11H8ClN3. The average Bonchev–Trinajstić information content (AvgIpc) is 2.65. The van der Waals surface area contributed by atoms with E-state index in [0.29, 0.717) is 17.3 Å². The van der Waals surface area contributed by atoms with Crippen molar-refractivity contribution in [2.24, 2.45) is 0 Å². The van der Waals surface area contributed by atoms with Crippen molar-refractivity contribution in [3.63, 3.8) is 0 Å². The lowest BCUT2D eigenvalue weighted by molar-refractivity contribution is 1.10. The smallest absolute Gasteiger partial charge is 0.210 e. The van der Waals surface area contributed by atoms with Gasteiger partial charge in [0, 0.05) is 23.3 Å². The monoisotopic (exact) mass is 217 g/mol. The van der Waals surface area contributed by atoms with Crippen LogP contribution in [0.1, 0.15) is 17.1 Å². The second kappa shape index (κ2) is 4.16. The average molecular weight is 218 g/mol. The van der Waals surface area contributed by atoms with Crippen molar-refractivity contribution in [1.29, 1.82) is 5.26 Å². The van der Waals surface area contributed by atoms with Crippen LogP contribution in [0.25, 0.3) is 0 Å². The molecule has 0 aliphatic carbocycles. The van der Waals surface area contributed by atoms with Crippen molar-refractivity contribution < 1.29 is 0 Å². The third-order valence-corrected chi connectivity index (χ3v) is 2.25. The Kier molecular flexibility index (Phi) is 2.70. The van der Waals surface area contributed by atoms with Crippen LogP contribution in [0.3, 0.4) is 0 Å². The highest BCUT2D eigenvalue weighted by Gasteiger charge is 2.01. The lowest BCUT2D eigenvalue weighted by atomic mass is 10.1. The topological polar surface area (TPSA) is 52.5 Å². The van der Waals surface area contributed by atoms with Gasteiger partial charge in [0.25, 0.3) is 0 Å². The number of H-pyrrole nitrogens is 1. The minimum absolute atomic E-state index is 0.340. The number of rotatable bonds is 2. The number of nitriles is 1. The normalized spacial score (nSPS) is 9.87. The Morgan fingerprint density at radius 2 is 2.33 bits per heavy atom. The molecule has 2 rings (SSSR count). The first-order valence-electron chi connectivity index (χ1n) is 4.46. The summed E-state index contributed by atoms with van der Waals surface area (Å²) in [7, 11) is 0. The molecule has 0 saturated carbocycles. The fraction of sp³-hybridized carbons (Fsp3) is 0.0909. The molecule has 0 aliphatic rings. The highest BCUT2D eigenvalue weighted by molar-refractivity contribution is 6.30. The predicted molar refractivity (Wildman–Crippen MR) is 57.6 cm³/mol. The molecule has 0 atom stereocenters. The van der Waals surface area contributed by atoms with Gasteiger partial charge in [-0.1, -0.05) is 23.7 Å². The third kappa shape index (κ3) is 2.36. The zero-order valence-corrected chi connectivity index (χ0v) is 8.62. The highest BCUT2D eigenvalue weighted by atomic mass is 35.5. The summed E-state index contributed by atoms with van der Waals surface area (Å²) in [5.41, 5.74) is 2.00. The van der Waals surface area contributed by atoms with Gasteiger partial charge in [-0.25, -0.2) is 4.98 Å². The number of aromatic amines is 1. The Balaban J connectivity index is 2.19. The summed E-state index contributed by atoms with van der Waals surface area (Å²) in [4.78, 5) is 6.82. The molecule has 1 aromatic carbocycles.